The molecule has 5 rings (SSSR count). The second-order valence-electron chi connectivity index (χ2n) is 8.66. The van der Waals surface area contributed by atoms with Crippen molar-refractivity contribution in [3.63, 3.8) is 0 Å². The van der Waals surface area contributed by atoms with E-state index >= 15 is 0 Å². The number of fused-ring (bicyclic) bond motifs is 1. The van der Waals surface area contributed by atoms with Crippen LogP contribution in [0.1, 0.15) is 30.1 Å². The van der Waals surface area contributed by atoms with E-state index in [0.29, 0.717) is 35.5 Å². The highest BCUT2D eigenvalue weighted by molar-refractivity contribution is 6.22. The molecule has 0 bridgehead atoms. The van der Waals surface area contributed by atoms with Gasteiger partial charge in [-0.25, -0.2) is 0 Å². The van der Waals surface area contributed by atoms with Crippen molar-refractivity contribution in [2.45, 2.75) is 19.8 Å². The van der Waals surface area contributed by atoms with Gasteiger partial charge in [-0.05, 0) is 80.4 Å². The van der Waals surface area contributed by atoms with Crippen LogP contribution in [0.25, 0.3) is 0 Å². The summed E-state index contributed by atoms with van der Waals surface area (Å²) in [6, 6.07) is 23.1. The number of para-hydroxylation sites is 1. The summed E-state index contributed by atoms with van der Waals surface area (Å²) in [4.78, 5) is 39.7. The van der Waals surface area contributed by atoms with Crippen LogP contribution in [0.4, 0.5) is 11.4 Å². The van der Waals surface area contributed by atoms with Crippen LogP contribution in [0, 0.1) is 11.8 Å². The van der Waals surface area contributed by atoms with E-state index in [1.807, 2.05) is 43.3 Å². The number of ether oxygens (including phenoxy) is 1. The zero-order valence-electron chi connectivity index (χ0n) is 18.7. The summed E-state index contributed by atoms with van der Waals surface area (Å²) in [7, 11) is 0. The number of rotatable bonds is 5. The summed E-state index contributed by atoms with van der Waals surface area (Å²) in [5.74, 6) is 0.240. The fourth-order valence-corrected chi connectivity index (χ4v) is 4.49. The van der Waals surface area contributed by atoms with E-state index in [1.54, 1.807) is 48.5 Å². The molecule has 1 saturated heterocycles. The van der Waals surface area contributed by atoms with Crippen LogP contribution in [0.2, 0.25) is 0 Å². The molecule has 3 aromatic carbocycles. The topological polar surface area (TPSA) is 75.7 Å². The van der Waals surface area contributed by atoms with Crippen LogP contribution in [0.5, 0.6) is 11.5 Å². The summed E-state index contributed by atoms with van der Waals surface area (Å²) in [6.07, 6.45) is 3.28. The highest BCUT2D eigenvalue weighted by Gasteiger charge is 2.48. The van der Waals surface area contributed by atoms with Crippen molar-refractivity contribution in [3.05, 3.63) is 96.1 Å². The monoisotopic (exact) mass is 452 g/mol. The standard InChI is InChI=1S/C28H24N2O4/c1-18-7-16-24-25(17-18)28(33)30(27(24)32)21-12-8-19(9-13-21)26(31)29-20-10-14-23(15-11-20)34-22-5-3-2-4-6-22/h2-15,24-25H,16-17H2,1H3,(H,29,31)/t24-,25-/m1/s1. The van der Waals surface area contributed by atoms with Gasteiger partial charge < -0.3 is 10.1 Å². The minimum absolute atomic E-state index is 0.155. The number of hydrogen-bond acceptors (Lipinski definition) is 4. The summed E-state index contributed by atoms with van der Waals surface area (Å²) in [5.41, 5.74) is 2.71. The third-order valence-corrected chi connectivity index (χ3v) is 6.30. The van der Waals surface area contributed by atoms with Crippen molar-refractivity contribution in [2.24, 2.45) is 11.8 Å². The first kappa shape index (κ1) is 21.6. The first-order chi connectivity index (χ1) is 16.5. The molecule has 3 aromatic rings. The van der Waals surface area contributed by atoms with Gasteiger partial charge in [0.2, 0.25) is 11.8 Å². The number of carbonyl (C=O) groups excluding carboxylic acids is 3. The molecule has 6 nitrogen and oxygen atoms in total. The van der Waals surface area contributed by atoms with Crippen LogP contribution < -0.4 is 15.0 Å². The molecule has 6 heteroatoms. The quantitative estimate of drug-likeness (QED) is 0.405. The molecule has 1 aliphatic heterocycles. The van der Waals surface area contributed by atoms with Crippen molar-refractivity contribution in [3.8, 4) is 11.5 Å². The molecule has 0 unspecified atom stereocenters. The normalized spacial score (nSPS) is 19.4. The first-order valence-electron chi connectivity index (χ1n) is 11.3. The Labute approximate surface area is 197 Å². The molecular weight excluding hydrogens is 428 g/mol. The Morgan fingerprint density at radius 1 is 0.853 bits per heavy atom. The van der Waals surface area contributed by atoms with Crippen molar-refractivity contribution in [2.75, 3.05) is 10.2 Å². The third-order valence-electron chi connectivity index (χ3n) is 6.30. The number of imide groups is 1. The maximum atomic E-state index is 12.9. The number of anilines is 2. The average Bonchev–Trinajstić information content (AvgIpc) is 3.10. The van der Waals surface area contributed by atoms with Crippen LogP contribution in [-0.4, -0.2) is 17.7 Å². The van der Waals surface area contributed by atoms with E-state index in [1.165, 1.54) is 4.90 Å². The number of benzene rings is 3. The van der Waals surface area contributed by atoms with Gasteiger partial charge >= 0.3 is 0 Å². The molecule has 1 heterocycles. The van der Waals surface area contributed by atoms with Gasteiger partial charge in [0.1, 0.15) is 11.5 Å². The molecule has 0 spiro atoms. The van der Waals surface area contributed by atoms with E-state index in [0.717, 1.165) is 11.3 Å². The lowest BCUT2D eigenvalue weighted by Gasteiger charge is -2.18. The Morgan fingerprint density at radius 3 is 2.21 bits per heavy atom. The molecule has 0 saturated carbocycles. The van der Waals surface area contributed by atoms with Gasteiger partial charge in [0.25, 0.3) is 5.91 Å². The molecule has 0 aromatic heterocycles. The second-order valence-corrected chi connectivity index (χ2v) is 8.66. The van der Waals surface area contributed by atoms with Crippen molar-refractivity contribution in [1.82, 2.24) is 0 Å². The van der Waals surface area contributed by atoms with Crippen molar-refractivity contribution < 1.29 is 19.1 Å². The van der Waals surface area contributed by atoms with E-state index in [2.05, 4.69) is 5.32 Å². The average molecular weight is 453 g/mol. The Kier molecular flexibility index (Phi) is 5.72. The van der Waals surface area contributed by atoms with Gasteiger partial charge in [-0.3, -0.25) is 19.3 Å². The van der Waals surface area contributed by atoms with Crippen LogP contribution in [0.3, 0.4) is 0 Å². The number of allylic oxidation sites excluding steroid dienone is 2. The van der Waals surface area contributed by atoms with Crippen LogP contribution in [-0.2, 0) is 9.59 Å². The first-order valence-corrected chi connectivity index (χ1v) is 11.3. The minimum atomic E-state index is -0.284. The number of carbonyl (C=O) groups is 3. The Bertz CT molecular complexity index is 1260. The minimum Gasteiger partial charge on any atom is -0.457 e. The van der Waals surface area contributed by atoms with Crippen LogP contribution in [0.15, 0.2) is 90.5 Å². The molecule has 2 atom stereocenters. The smallest absolute Gasteiger partial charge is 0.255 e. The van der Waals surface area contributed by atoms with E-state index in [9.17, 15) is 14.4 Å². The Hall–Kier alpha value is -4.19. The number of amides is 3. The molecule has 170 valence electrons. The number of nitrogens with one attached hydrogen (secondary N) is 1. The Morgan fingerprint density at radius 2 is 1.50 bits per heavy atom. The summed E-state index contributed by atoms with van der Waals surface area (Å²) >= 11 is 0. The van der Waals surface area contributed by atoms with Crippen molar-refractivity contribution >= 4 is 29.1 Å². The lowest BCUT2D eigenvalue weighted by atomic mass is 9.82. The predicted molar refractivity (Wildman–Crippen MR) is 130 cm³/mol. The van der Waals surface area contributed by atoms with E-state index in [4.69, 9.17) is 4.74 Å². The zero-order valence-corrected chi connectivity index (χ0v) is 18.7. The number of nitrogens with zero attached hydrogens (tertiary/aromatic N) is 1. The van der Waals surface area contributed by atoms with E-state index in [-0.39, 0.29) is 29.6 Å². The maximum Gasteiger partial charge on any atom is 0.255 e. The lowest BCUT2D eigenvalue weighted by molar-refractivity contribution is -0.122. The van der Waals surface area contributed by atoms with Gasteiger partial charge in [-0.15, -0.1) is 0 Å². The zero-order chi connectivity index (χ0) is 23.7. The molecule has 1 aliphatic carbocycles. The lowest BCUT2D eigenvalue weighted by Crippen LogP contribution is -2.30. The fourth-order valence-electron chi connectivity index (χ4n) is 4.49. The van der Waals surface area contributed by atoms with Gasteiger partial charge in [0.15, 0.2) is 0 Å². The van der Waals surface area contributed by atoms with Crippen LogP contribution >= 0.6 is 0 Å². The molecule has 2 aliphatic rings. The highest BCUT2D eigenvalue weighted by Crippen LogP contribution is 2.39. The number of hydrogen-bond donors (Lipinski definition) is 1. The molecule has 0 radical (unpaired) electrons. The SMILES string of the molecule is CC1=CC[C@H]2C(=O)N(c3ccc(C(=O)Nc4ccc(Oc5ccccc5)cc4)cc3)C(=O)[C@@H]2C1. The van der Waals surface area contributed by atoms with Crippen molar-refractivity contribution in [1.29, 1.82) is 0 Å². The Balaban J connectivity index is 1.24. The molecule has 34 heavy (non-hydrogen) atoms. The summed E-state index contributed by atoms with van der Waals surface area (Å²) in [5, 5.41) is 2.85. The highest BCUT2D eigenvalue weighted by atomic mass is 16.5. The molecule has 3 amide bonds. The largest absolute Gasteiger partial charge is 0.457 e. The van der Waals surface area contributed by atoms with Gasteiger partial charge in [0.05, 0.1) is 17.5 Å². The molecule has 1 fully saturated rings. The third kappa shape index (κ3) is 4.22. The second kappa shape index (κ2) is 8.98. The molecule has 1 N–H and O–H groups in total. The summed E-state index contributed by atoms with van der Waals surface area (Å²) in [6.45, 7) is 1.99. The van der Waals surface area contributed by atoms with E-state index < -0.39 is 0 Å². The summed E-state index contributed by atoms with van der Waals surface area (Å²) < 4.78 is 5.77. The van der Waals surface area contributed by atoms with Gasteiger partial charge in [-0.1, -0.05) is 29.8 Å². The molecular formula is C28H24N2O4. The van der Waals surface area contributed by atoms with Gasteiger partial charge in [0, 0.05) is 11.3 Å². The maximum absolute atomic E-state index is 12.9. The predicted octanol–water partition coefficient (Wildman–Crippen LogP) is 5.58. The fraction of sp³-hybridized carbons (Fsp3) is 0.179. The van der Waals surface area contributed by atoms with Gasteiger partial charge in [-0.2, -0.15) is 0 Å².